The van der Waals surface area contributed by atoms with Crippen LogP contribution in [0.1, 0.15) is 52.2 Å². The zero-order chi connectivity index (χ0) is 24.9. The Hall–Kier alpha value is -3.72. The molecule has 8 nitrogen and oxygen atoms in total. The summed E-state index contributed by atoms with van der Waals surface area (Å²) in [4.78, 5) is 40.5. The fourth-order valence-electron chi connectivity index (χ4n) is 4.20. The summed E-state index contributed by atoms with van der Waals surface area (Å²) in [6.07, 6.45) is 0.406. The van der Waals surface area contributed by atoms with Crippen molar-refractivity contribution in [3.05, 3.63) is 70.2 Å². The van der Waals surface area contributed by atoms with Crippen LogP contribution in [0.4, 0.5) is 9.93 Å². The van der Waals surface area contributed by atoms with E-state index in [1.54, 1.807) is 13.8 Å². The summed E-state index contributed by atoms with van der Waals surface area (Å²) in [6.45, 7) is 3.88. The van der Waals surface area contributed by atoms with E-state index >= 15 is 0 Å². The highest BCUT2D eigenvalue weighted by Gasteiger charge is 2.29. The van der Waals surface area contributed by atoms with E-state index in [9.17, 15) is 14.4 Å². The first kappa shape index (κ1) is 24.4. The Morgan fingerprint density at radius 2 is 1.71 bits per heavy atom. The van der Waals surface area contributed by atoms with Gasteiger partial charge in [-0.2, -0.15) is 0 Å². The highest BCUT2D eigenvalue weighted by atomic mass is 32.1. The van der Waals surface area contributed by atoms with Gasteiger partial charge in [0.1, 0.15) is 11.5 Å². The summed E-state index contributed by atoms with van der Waals surface area (Å²) < 4.78 is 5.54. The van der Waals surface area contributed by atoms with Crippen molar-refractivity contribution in [3.8, 4) is 11.1 Å². The number of carboxylic acids is 1. The minimum atomic E-state index is -0.849. The van der Waals surface area contributed by atoms with Crippen LogP contribution in [-0.4, -0.2) is 41.2 Å². The summed E-state index contributed by atoms with van der Waals surface area (Å²) in [7, 11) is 0. The third-order valence-corrected chi connectivity index (χ3v) is 7.15. The average molecular weight is 494 g/mol. The summed E-state index contributed by atoms with van der Waals surface area (Å²) in [5.41, 5.74) is 5.06. The Morgan fingerprint density at radius 1 is 1.09 bits per heavy atom. The molecule has 0 aliphatic heterocycles. The maximum absolute atomic E-state index is 12.5. The number of carbonyl (C=O) groups is 3. The zero-order valence-electron chi connectivity index (χ0n) is 19.5. The Kier molecular flexibility index (Phi) is 7.45. The number of hydrogen-bond acceptors (Lipinski definition) is 6. The molecule has 0 saturated heterocycles. The van der Waals surface area contributed by atoms with Crippen LogP contribution in [0.2, 0.25) is 0 Å². The Labute approximate surface area is 207 Å². The van der Waals surface area contributed by atoms with Gasteiger partial charge in [0.25, 0.3) is 5.91 Å². The topological polar surface area (TPSA) is 118 Å². The summed E-state index contributed by atoms with van der Waals surface area (Å²) in [6, 6.07) is 16.2. The van der Waals surface area contributed by atoms with Crippen molar-refractivity contribution < 1.29 is 24.2 Å². The van der Waals surface area contributed by atoms with Gasteiger partial charge in [-0.15, -0.1) is 0 Å². The van der Waals surface area contributed by atoms with Gasteiger partial charge in [0.15, 0.2) is 5.13 Å². The molecule has 0 bridgehead atoms. The van der Waals surface area contributed by atoms with Gasteiger partial charge < -0.3 is 15.2 Å². The van der Waals surface area contributed by atoms with Crippen molar-refractivity contribution in [2.45, 2.75) is 32.6 Å². The number of aryl methyl sites for hydroxylation is 1. The lowest BCUT2D eigenvalue weighted by Gasteiger charge is -2.14. The second kappa shape index (κ2) is 10.7. The largest absolute Gasteiger partial charge is 0.481 e. The molecule has 0 fully saturated rings. The number of fused-ring (bicyclic) bond motifs is 3. The van der Waals surface area contributed by atoms with Crippen molar-refractivity contribution in [1.29, 1.82) is 0 Å². The van der Waals surface area contributed by atoms with Crippen molar-refractivity contribution >= 4 is 34.4 Å². The lowest BCUT2D eigenvalue weighted by Crippen LogP contribution is -2.25. The summed E-state index contributed by atoms with van der Waals surface area (Å²) >= 11 is 1.07. The van der Waals surface area contributed by atoms with Gasteiger partial charge in [-0.1, -0.05) is 66.8 Å². The number of amides is 2. The van der Waals surface area contributed by atoms with E-state index in [2.05, 4.69) is 39.9 Å². The van der Waals surface area contributed by atoms with E-state index in [-0.39, 0.29) is 23.6 Å². The molecule has 182 valence electrons. The molecule has 0 radical (unpaired) electrons. The van der Waals surface area contributed by atoms with Gasteiger partial charge in [-0.25, -0.2) is 9.78 Å². The first-order chi connectivity index (χ1) is 16.8. The number of rotatable bonds is 9. The molecule has 3 aromatic rings. The monoisotopic (exact) mass is 493 g/mol. The second-order valence-corrected chi connectivity index (χ2v) is 9.52. The molecule has 0 saturated carbocycles. The number of thiazole rings is 1. The molecule has 1 unspecified atom stereocenters. The van der Waals surface area contributed by atoms with Crippen LogP contribution in [0, 0.1) is 12.8 Å². The smallest absolute Gasteiger partial charge is 0.413 e. The number of ether oxygens (including phenoxy) is 1. The average Bonchev–Trinajstić information content (AvgIpc) is 3.37. The lowest BCUT2D eigenvalue weighted by atomic mass is 9.98. The highest BCUT2D eigenvalue weighted by molar-refractivity contribution is 7.17. The number of carboxylic acid groups (broad SMARTS) is 1. The molecule has 0 spiro atoms. The third kappa shape index (κ3) is 5.51. The molecule has 1 heterocycles. The van der Waals surface area contributed by atoms with E-state index in [1.807, 2.05) is 24.3 Å². The van der Waals surface area contributed by atoms with Gasteiger partial charge in [-0.3, -0.25) is 14.9 Å². The van der Waals surface area contributed by atoms with Crippen LogP contribution < -0.4 is 10.6 Å². The molecule has 1 aromatic heterocycles. The Bertz CT molecular complexity index is 1210. The van der Waals surface area contributed by atoms with Crippen molar-refractivity contribution in [2.24, 2.45) is 5.92 Å². The zero-order valence-corrected chi connectivity index (χ0v) is 20.4. The Balaban J connectivity index is 1.31. The fraction of sp³-hybridized carbons (Fsp3) is 0.308. The maximum atomic E-state index is 12.5. The predicted molar refractivity (Wildman–Crippen MR) is 134 cm³/mol. The fourth-order valence-corrected chi connectivity index (χ4v) is 5.06. The first-order valence-electron chi connectivity index (χ1n) is 11.5. The number of anilines is 1. The molecular weight excluding hydrogens is 466 g/mol. The van der Waals surface area contributed by atoms with Crippen LogP contribution >= 0.6 is 11.3 Å². The van der Waals surface area contributed by atoms with Gasteiger partial charge >= 0.3 is 12.1 Å². The van der Waals surface area contributed by atoms with E-state index in [0.717, 1.165) is 33.6 Å². The summed E-state index contributed by atoms with van der Waals surface area (Å²) in [5.74, 6) is -1.65. The molecule has 3 N–H and O–H groups in total. The minimum Gasteiger partial charge on any atom is -0.481 e. The molecule has 35 heavy (non-hydrogen) atoms. The molecule has 4 rings (SSSR count). The second-order valence-electron chi connectivity index (χ2n) is 8.52. The SMILES string of the molecule is Cc1nc(NC(=O)OCC2c3ccccc3-c3ccccc32)sc1C(=O)NCCCC(C)C(=O)O. The quantitative estimate of drug-likeness (QED) is 0.359. The van der Waals surface area contributed by atoms with Crippen molar-refractivity contribution in [3.63, 3.8) is 0 Å². The van der Waals surface area contributed by atoms with Crippen LogP contribution in [0.5, 0.6) is 0 Å². The normalized spacial score (nSPS) is 13.0. The number of nitrogens with zero attached hydrogens (tertiary/aromatic N) is 1. The summed E-state index contributed by atoms with van der Waals surface area (Å²) in [5, 5.41) is 14.6. The molecule has 2 amide bonds. The van der Waals surface area contributed by atoms with Gasteiger partial charge in [0.05, 0.1) is 11.6 Å². The Morgan fingerprint density at radius 3 is 2.34 bits per heavy atom. The number of benzene rings is 2. The number of hydrogen-bond donors (Lipinski definition) is 3. The number of carbonyl (C=O) groups excluding carboxylic acids is 2. The minimum absolute atomic E-state index is 0.0450. The number of aromatic nitrogens is 1. The van der Waals surface area contributed by atoms with Crippen molar-refractivity contribution in [1.82, 2.24) is 10.3 Å². The first-order valence-corrected chi connectivity index (χ1v) is 12.3. The molecule has 1 atom stereocenters. The van der Waals surface area contributed by atoms with E-state index in [4.69, 9.17) is 9.84 Å². The lowest BCUT2D eigenvalue weighted by molar-refractivity contribution is -0.141. The molecule has 2 aromatic carbocycles. The standard InChI is InChI=1S/C26H27N3O5S/c1-15(24(31)32)8-7-13-27-23(30)22-16(2)28-25(35-22)29-26(33)34-14-21-19-11-5-3-9-17(19)18-10-4-6-12-20(18)21/h3-6,9-12,15,21H,7-8,13-14H2,1-2H3,(H,27,30)(H,31,32)(H,28,29,33). The van der Waals surface area contributed by atoms with Crippen LogP contribution in [0.15, 0.2) is 48.5 Å². The van der Waals surface area contributed by atoms with Crippen LogP contribution in [0.25, 0.3) is 11.1 Å². The van der Waals surface area contributed by atoms with E-state index < -0.39 is 18.0 Å². The third-order valence-electron chi connectivity index (χ3n) is 6.08. The van der Waals surface area contributed by atoms with Gasteiger partial charge in [0.2, 0.25) is 0 Å². The number of aliphatic carboxylic acids is 1. The highest BCUT2D eigenvalue weighted by Crippen LogP contribution is 2.44. The maximum Gasteiger partial charge on any atom is 0.413 e. The predicted octanol–water partition coefficient (Wildman–Crippen LogP) is 5.04. The molecule has 1 aliphatic carbocycles. The molecule has 1 aliphatic rings. The van der Waals surface area contributed by atoms with E-state index in [0.29, 0.717) is 30.0 Å². The van der Waals surface area contributed by atoms with Crippen molar-refractivity contribution in [2.75, 3.05) is 18.5 Å². The van der Waals surface area contributed by atoms with Gasteiger partial charge in [0, 0.05) is 12.5 Å². The van der Waals surface area contributed by atoms with E-state index in [1.165, 1.54) is 0 Å². The molecular formula is C26H27N3O5S. The van der Waals surface area contributed by atoms with Crippen LogP contribution in [0.3, 0.4) is 0 Å². The van der Waals surface area contributed by atoms with Gasteiger partial charge in [-0.05, 0) is 42.0 Å². The van der Waals surface area contributed by atoms with Crippen LogP contribution in [-0.2, 0) is 9.53 Å². The molecule has 9 heteroatoms. The number of nitrogens with one attached hydrogen (secondary N) is 2.